The maximum absolute atomic E-state index is 11.6. The highest BCUT2D eigenvalue weighted by atomic mass is 16.4. The van der Waals surface area contributed by atoms with E-state index in [1.54, 1.807) is 6.08 Å². The molecule has 2 heteroatoms. The first-order chi connectivity index (χ1) is 9.47. The summed E-state index contributed by atoms with van der Waals surface area (Å²) >= 11 is 0. The van der Waals surface area contributed by atoms with E-state index in [0.29, 0.717) is 5.57 Å². The fourth-order valence-electron chi connectivity index (χ4n) is 2.30. The van der Waals surface area contributed by atoms with Crippen molar-refractivity contribution in [3.05, 3.63) is 70.3 Å². The van der Waals surface area contributed by atoms with Crippen molar-refractivity contribution in [1.29, 1.82) is 0 Å². The highest BCUT2D eigenvalue weighted by molar-refractivity contribution is 6.21. The highest BCUT2D eigenvalue weighted by Gasteiger charge is 2.13. The van der Waals surface area contributed by atoms with Crippen molar-refractivity contribution in [3.8, 4) is 0 Å². The standard InChI is InChI=1S/C18H18O2/c1-12-5-4-6-15(10-12)11-17(18(19)20)16-8-7-13(2)9-14(16)3/h4-11H,1-3H3,(H,19,20)/b17-11-. The lowest BCUT2D eigenvalue weighted by atomic mass is 9.96. The minimum atomic E-state index is -0.904. The molecule has 0 saturated heterocycles. The van der Waals surface area contributed by atoms with E-state index in [0.717, 1.165) is 27.8 Å². The lowest BCUT2D eigenvalue weighted by Crippen LogP contribution is -2.01. The number of hydrogen-bond donors (Lipinski definition) is 1. The van der Waals surface area contributed by atoms with Crippen LogP contribution in [-0.4, -0.2) is 11.1 Å². The van der Waals surface area contributed by atoms with Gasteiger partial charge in [0, 0.05) is 0 Å². The molecular formula is C18H18O2. The van der Waals surface area contributed by atoms with Gasteiger partial charge in [0.1, 0.15) is 0 Å². The van der Waals surface area contributed by atoms with Crippen LogP contribution in [0.15, 0.2) is 42.5 Å². The van der Waals surface area contributed by atoms with Crippen LogP contribution in [0, 0.1) is 20.8 Å². The lowest BCUT2D eigenvalue weighted by molar-refractivity contribution is -0.130. The molecule has 0 aliphatic heterocycles. The maximum atomic E-state index is 11.6. The van der Waals surface area contributed by atoms with E-state index in [9.17, 15) is 9.90 Å². The van der Waals surface area contributed by atoms with Crippen LogP contribution in [0.1, 0.15) is 27.8 Å². The van der Waals surface area contributed by atoms with Gasteiger partial charge in [-0.05, 0) is 43.5 Å². The summed E-state index contributed by atoms with van der Waals surface area (Å²) in [4.78, 5) is 11.6. The molecule has 2 nitrogen and oxygen atoms in total. The van der Waals surface area contributed by atoms with Crippen molar-refractivity contribution < 1.29 is 9.90 Å². The van der Waals surface area contributed by atoms with Gasteiger partial charge in [-0.15, -0.1) is 0 Å². The van der Waals surface area contributed by atoms with Crippen molar-refractivity contribution in [3.63, 3.8) is 0 Å². The third kappa shape index (κ3) is 3.15. The first-order valence-corrected chi connectivity index (χ1v) is 6.56. The van der Waals surface area contributed by atoms with Crippen LogP contribution in [0.4, 0.5) is 0 Å². The molecule has 0 aromatic heterocycles. The number of carboxylic acids is 1. The van der Waals surface area contributed by atoms with Gasteiger partial charge in [0.05, 0.1) is 5.57 Å². The summed E-state index contributed by atoms with van der Waals surface area (Å²) in [7, 11) is 0. The first-order valence-electron chi connectivity index (χ1n) is 6.56. The van der Waals surface area contributed by atoms with Gasteiger partial charge in [0.2, 0.25) is 0 Å². The molecule has 0 atom stereocenters. The van der Waals surface area contributed by atoms with Gasteiger partial charge in [0.15, 0.2) is 0 Å². The minimum Gasteiger partial charge on any atom is -0.478 e. The molecule has 0 unspecified atom stereocenters. The smallest absolute Gasteiger partial charge is 0.336 e. The summed E-state index contributed by atoms with van der Waals surface area (Å²) in [5, 5.41) is 9.48. The minimum absolute atomic E-state index is 0.327. The highest BCUT2D eigenvalue weighted by Crippen LogP contribution is 2.23. The second-order valence-electron chi connectivity index (χ2n) is 5.10. The number of benzene rings is 2. The van der Waals surface area contributed by atoms with Crippen LogP contribution in [0.3, 0.4) is 0 Å². The third-order valence-electron chi connectivity index (χ3n) is 3.26. The van der Waals surface area contributed by atoms with Crippen LogP contribution in [-0.2, 0) is 4.79 Å². The van der Waals surface area contributed by atoms with E-state index in [4.69, 9.17) is 0 Å². The molecule has 0 bridgehead atoms. The zero-order chi connectivity index (χ0) is 14.7. The largest absolute Gasteiger partial charge is 0.478 e. The van der Waals surface area contributed by atoms with Gasteiger partial charge in [-0.1, -0.05) is 53.6 Å². The zero-order valence-corrected chi connectivity index (χ0v) is 12.0. The fraction of sp³-hybridized carbons (Fsp3) is 0.167. The molecule has 0 fully saturated rings. The zero-order valence-electron chi connectivity index (χ0n) is 12.0. The van der Waals surface area contributed by atoms with Gasteiger partial charge in [-0.3, -0.25) is 0 Å². The predicted molar refractivity (Wildman–Crippen MR) is 82.6 cm³/mol. The van der Waals surface area contributed by atoms with Crippen LogP contribution >= 0.6 is 0 Å². The summed E-state index contributed by atoms with van der Waals surface area (Å²) in [6, 6.07) is 13.6. The van der Waals surface area contributed by atoms with Gasteiger partial charge in [-0.2, -0.15) is 0 Å². The van der Waals surface area contributed by atoms with Crippen LogP contribution < -0.4 is 0 Å². The van der Waals surface area contributed by atoms with Crippen LogP contribution in [0.5, 0.6) is 0 Å². The Bertz CT molecular complexity index is 682. The number of hydrogen-bond acceptors (Lipinski definition) is 1. The molecule has 0 aliphatic carbocycles. The average Bonchev–Trinajstić information content (AvgIpc) is 2.36. The van der Waals surface area contributed by atoms with Crippen molar-refractivity contribution in [1.82, 2.24) is 0 Å². The van der Waals surface area contributed by atoms with Gasteiger partial charge >= 0.3 is 5.97 Å². The van der Waals surface area contributed by atoms with E-state index in [2.05, 4.69) is 0 Å². The van der Waals surface area contributed by atoms with Crippen molar-refractivity contribution in [2.45, 2.75) is 20.8 Å². The Morgan fingerprint density at radius 3 is 2.30 bits per heavy atom. The third-order valence-corrected chi connectivity index (χ3v) is 3.26. The number of carboxylic acid groups (broad SMARTS) is 1. The average molecular weight is 266 g/mol. The number of rotatable bonds is 3. The Hall–Kier alpha value is -2.35. The van der Waals surface area contributed by atoms with Gasteiger partial charge < -0.3 is 5.11 Å². The van der Waals surface area contributed by atoms with E-state index in [-0.39, 0.29) is 0 Å². The predicted octanol–water partition coefficient (Wildman–Crippen LogP) is 4.24. The van der Waals surface area contributed by atoms with Crippen LogP contribution in [0.2, 0.25) is 0 Å². The Balaban J connectivity index is 2.54. The summed E-state index contributed by atoms with van der Waals surface area (Å²) < 4.78 is 0. The number of aryl methyl sites for hydroxylation is 3. The Morgan fingerprint density at radius 2 is 1.70 bits per heavy atom. The normalized spacial score (nSPS) is 11.4. The Morgan fingerprint density at radius 1 is 1.00 bits per heavy atom. The van der Waals surface area contributed by atoms with E-state index < -0.39 is 5.97 Å². The number of aliphatic carboxylic acids is 1. The van der Waals surface area contributed by atoms with E-state index >= 15 is 0 Å². The molecule has 0 aliphatic rings. The summed E-state index contributed by atoms with van der Waals surface area (Å²) in [5.41, 5.74) is 5.22. The molecule has 0 radical (unpaired) electrons. The quantitative estimate of drug-likeness (QED) is 0.666. The molecule has 1 N–H and O–H groups in total. The molecule has 0 amide bonds. The molecule has 0 heterocycles. The second-order valence-corrected chi connectivity index (χ2v) is 5.10. The number of carbonyl (C=O) groups is 1. The van der Waals surface area contributed by atoms with Crippen molar-refractivity contribution in [2.24, 2.45) is 0 Å². The fourth-order valence-corrected chi connectivity index (χ4v) is 2.30. The van der Waals surface area contributed by atoms with Gasteiger partial charge in [0.25, 0.3) is 0 Å². The molecule has 0 saturated carbocycles. The molecule has 102 valence electrons. The van der Waals surface area contributed by atoms with Gasteiger partial charge in [-0.25, -0.2) is 4.79 Å². The molecular weight excluding hydrogens is 248 g/mol. The monoisotopic (exact) mass is 266 g/mol. The van der Waals surface area contributed by atoms with E-state index in [1.807, 2.05) is 63.2 Å². The summed E-state index contributed by atoms with van der Waals surface area (Å²) in [6.45, 7) is 5.94. The molecule has 2 rings (SSSR count). The maximum Gasteiger partial charge on any atom is 0.336 e. The summed E-state index contributed by atoms with van der Waals surface area (Å²) in [6.07, 6.45) is 1.73. The van der Waals surface area contributed by atoms with Crippen molar-refractivity contribution >= 4 is 17.6 Å². The lowest BCUT2D eigenvalue weighted by Gasteiger charge is -2.08. The molecule has 0 spiro atoms. The Kier molecular flexibility index (Phi) is 4.04. The molecule has 2 aromatic carbocycles. The molecule has 2 aromatic rings. The van der Waals surface area contributed by atoms with Crippen molar-refractivity contribution in [2.75, 3.05) is 0 Å². The van der Waals surface area contributed by atoms with Crippen LogP contribution in [0.25, 0.3) is 11.6 Å². The first kappa shape index (κ1) is 14.1. The SMILES string of the molecule is Cc1cccc(/C=C(\C(=O)O)c2ccc(C)cc2C)c1. The van der Waals surface area contributed by atoms with E-state index in [1.165, 1.54) is 0 Å². The second kappa shape index (κ2) is 5.74. The summed E-state index contributed by atoms with van der Waals surface area (Å²) in [5.74, 6) is -0.904. The Labute approximate surface area is 119 Å². The molecule has 20 heavy (non-hydrogen) atoms. The topological polar surface area (TPSA) is 37.3 Å².